The normalized spacial score (nSPS) is 10.2. The van der Waals surface area contributed by atoms with E-state index in [9.17, 15) is 4.79 Å². The average molecular weight is 257 g/mol. The maximum atomic E-state index is 11.7. The van der Waals surface area contributed by atoms with Crippen molar-refractivity contribution in [2.75, 3.05) is 12.8 Å². The molecule has 5 heteroatoms. The van der Waals surface area contributed by atoms with E-state index in [0.29, 0.717) is 5.56 Å². The van der Waals surface area contributed by atoms with Gasteiger partial charge in [0.25, 0.3) is 5.91 Å². The molecular formula is C14H15N3O2. The van der Waals surface area contributed by atoms with Crippen molar-refractivity contribution in [3.63, 3.8) is 0 Å². The summed E-state index contributed by atoms with van der Waals surface area (Å²) in [5.74, 6) is -0.0772. The number of carbonyl (C=O) groups excluding carboxylic acids is 1. The van der Waals surface area contributed by atoms with Gasteiger partial charge in [0.05, 0.1) is 12.2 Å². The molecular weight excluding hydrogens is 242 g/mol. The highest BCUT2D eigenvalue weighted by molar-refractivity contribution is 5.99. The highest BCUT2D eigenvalue weighted by Gasteiger charge is 2.11. The standard InChI is InChI=1S/C14H15N3O2/c1-16-14(19)12-6-11(7-17-13(12)15)10-4-2-3-9(5-10)8-18/h2-7,18H,8H2,1H3,(H2,15,17)(H,16,19). The summed E-state index contributed by atoms with van der Waals surface area (Å²) >= 11 is 0. The van der Waals surface area contributed by atoms with Gasteiger partial charge in [-0.15, -0.1) is 0 Å². The fourth-order valence-corrected chi connectivity index (χ4v) is 1.80. The van der Waals surface area contributed by atoms with Crippen molar-refractivity contribution in [2.24, 2.45) is 0 Å². The van der Waals surface area contributed by atoms with Gasteiger partial charge in [-0.1, -0.05) is 18.2 Å². The van der Waals surface area contributed by atoms with E-state index in [4.69, 9.17) is 10.8 Å². The first kappa shape index (κ1) is 13.0. The van der Waals surface area contributed by atoms with Crippen LogP contribution in [0.15, 0.2) is 36.5 Å². The maximum absolute atomic E-state index is 11.7. The summed E-state index contributed by atoms with van der Waals surface area (Å²) in [6, 6.07) is 9.10. The fourth-order valence-electron chi connectivity index (χ4n) is 1.80. The Morgan fingerprint density at radius 3 is 2.84 bits per heavy atom. The van der Waals surface area contributed by atoms with Crippen LogP contribution in [0.1, 0.15) is 15.9 Å². The summed E-state index contributed by atoms with van der Waals surface area (Å²) in [6.45, 7) is -0.0292. The molecule has 1 heterocycles. The molecule has 0 aliphatic rings. The van der Waals surface area contributed by atoms with Crippen LogP contribution in [0.3, 0.4) is 0 Å². The molecule has 19 heavy (non-hydrogen) atoms. The van der Waals surface area contributed by atoms with Crippen LogP contribution >= 0.6 is 0 Å². The summed E-state index contributed by atoms with van der Waals surface area (Å²) in [5, 5.41) is 11.7. The summed E-state index contributed by atoms with van der Waals surface area (Å²) in [6.07, 6.45) is 1.61. The molecule has 0 bridgehead atoms. The fraction of sp³-hybridized carbons (Fsp3) is 0.143. The number of rotatable bonds is 3. The number of anilines is 1. The van der Waals surface area contributed by atoms with Crippen LogP contribution < -0.4 is 11.1 Å². The minimum atomic E-state index is -0.273. The zero-order valence-corrected chi connectivity index (χ0v) is 10.6. The molecule has 1 amide bonds. The zero-order valence-electron chi connectivity index (χ0n) is 10.6. The number of hydrogen-bond acceptors (Lipinski definition) is 4. The largest absolute Gasteiger partial charge is 0.392 e. The van der Waals surface area contributed by atoms with Gasteiger partial charge in [0.15, 0.2) is 0 Å². The number of aliphatic hydroxyl groups is 1. The van der Waals surface area contributed by atoms with Crippen molar-refractivity contribution in [1.29, 1.82) is 0 Å². The lowest BCUT2D eigenvalue weighted by atomic mass is 10.0. The number of aliphatic hydroxyl groups excluding tert-OH is 1. The van der Waals surface area contributed by atoms with Gasteiger partial charge in [0, 0.05) is 18.8 Å². The van der Waals surface area contributed by atoms with E-state index in [0.717, 1.165) is 16.7 Å². The molecule has 0 saturated carbocycles. The predicted molar refractivity (Wildman–Crippen MR) is 73.4 cm³/mol. The number of nitrogens with one attached hydrogen (secondary N) is 1. The second kappa shape index (κ2) is 5.49. The van der Waals surface area contributed by atoms with Crippen LogP contribution in [0.4, 0.5) is 5.82 Å². The molecule has 1 aromatic carbocycles. The number of carbonyl (C=O) groups is 1. The number of nitrogens with zero attached hydrogens (tertiary/aromatic N) is 1. The van der Waals surface area contributed by atoms with Gasteiger partial charge in [-0.3, -0.25) is 4.79 Å². The molecule has 1 aromatic heterocycles. The summed E-state index contributed by atoms with van der Waals surface area (Å²) in [4.78, 5) is 15.7. The lowest BCUT2D eigenvalue weighted by molar-refractivity contribution is 0.0963. The van der Waals surface area contributed by atoms with E-state index in [1.54, 1.807) is 19.3 Å². The van der Waals surface area contributed by atoms with Crippen molar-refractivity contribution in [3.05, 3.63) is 47.7 Å². The molecule has 0 saturated heterocycles. The van der Waals surface area contributed by atoms with Crippen molar-refractivity contribution in [1.82, 2.24) is 10.3 Å². The van der Waals surface area contributed by atoms with Crippen molar-refractivity contribution in [3.8, 4) is 11.1 Å². The van der Waals surface area contributed by atoms with E-state index in [-0.39, 0.29) is 18.3 Å². The summed E-state index contributed by atoms with van der Waals surface area (Å²) in [7, 11) is 1.54. The Balaban J connectivity index is 2.48. The van der Waals surface area contributed by atoms with Crippen LogP contribution in [0.2, 0.25) is 0 Å². The third-order valence-corrected chi connectivity index (χ3v) is 2.83. The first-order chi connectivity index (χ1) is 9.15. The average Bonchev–Trinajstić information content (AvgIpc) is 2.47. The predicted octanol–water partition coefficient (Wildman–Crippen LogP) is 1.18. The molecule has 4 N–H and O–H groups in total. The molecule has 0 unspecified atom stereocenters. The Bertz CT molecular complexity index is 611. The quantitative estimate of drug-likeness (QED) is 0.770. The SMILES string of the molecule is CNC(=O)c1cc(-c2cccc(CO)c2)cnc1N. The Hall–Kier alpha value is -2.40. The Morgan fingerprint density at radius 1 is 1.37 bits per heavy atom. The minimum Gasteiger partial charge on any atom is -0.392 e. The maximum Gasteiger partial charge on any atom is 0.254 e. The Morgan fingerprint density at radius 2 is 2.16 bits per heavy atom. The molecule has 2 rings (SSSR count). The van der Waals surface area contributed by atoms with E-state index >= 15 is 0 Å². The van der Waals surface area contributed by atoms with Gasteiger partial charge < -0.3 is 16.2 Å². The van der Waals surface area contributed by atoms with Gasteiger partial charge in [0.2, 0.25) is 0 Å². The zero-order chi connectivity index (χ0) is 13.8. The van der Waals surface area contributed by atoms with Gasteiger partial charge in [-0.2, -0.15) is 0 Å². The van der Waals surface area contributed by atoms with Gasteiger partial charge in [-0.25, -0.2) is 4.98 Å². The van der Waals surface area contributed by atoms with Crippen LogP contribution in [-0.4, -0.2) is 23.0 Å². The van der Waals surface area contributed by atoms with E-state index in [1.807, 2.05) is 24.3 Å². The third kappa shape index (κ3) is 2.71. The Labute approximate surface area is 111 Å². The molecule has 2 aromatic rings. The first-order valence-corrected chi connectivity index (χ1v) is 5.83. The topological polar surface area (TPSA) is 88.2 Å². The summed E-state index contributed by atoms with van der Waals surface area (Å²) < 4.78 is 0. The lowest BCUT2D eigenvalue weighted by Crippen LogP contribution is -2.19. The third-order valence-electron chi connectivity index (χ3n) is 2.83. The van der Waals surface area contributed by atoms with Gasteiger partial charge in [0.1, 0.15) is 5.82 Å². The van der Waals surface area contributed by atoms with Crippen molar-refractivity contribution in [2.45, 2.75) is 6.61 Å². The van der Waals surface area contributed by atoms with Crippen LogP contribution in [-0.2, 0) is 6.61 Å². The number of nitrogens with two attached hydrogens (primary N) is 1. The van der Waals surface area contributed by atoms with Crippen LogP contribution in [0.25, 0.3) is 11.1 Å². The van der Waals surface area contributed by atoms with E-state index in [2.05, 4.69) is 10.3 Å². The smallest absolute Gasteiger partial charge is 0.254 e. The molecule has 5 nitrogen and oxygen atoms in total. The number of nitrogen functional groups attached to an aromatic ring is 1. The highest BCUT2D eigenvalue weighted by Crippen LogP contribution is 2.23. The number of aromatic nitrogens is 1. The molecule has 0 aliphatic carbocycles. The summed E-state index contributed by atoms with van der Waals surface area (Å²) in [5.41, 5.74) is 8.49. The van der Waals surface area contributed by atoms with Crippen molar-refractivity contribution >= 4 is 11.7 Å². The molecule has 0 aliphatic heterocycles. The number of hydrogen-bond donors (Lipinski definition) is 3. The molecule has 0 fully saturated rings. The van der Waals surface area contributed by atoms with E-state index in [1.165, 1.54) is 0 Å². The van der Waals surface area contributed by atoms with Gasteiger partial charge in [-0.05, 0) is 23.3 Å². The van der Waals surface area contributed by atoms with Crippen LogP contribution in [0.5, 0.6) is 0 Å². The van der Waals surface area contributed by atoms with Crippen molar-refractivity contribution < 1.29 is 9.90 Å². The second-order valence-corrected chi connectivity index (χ2v) is 4.09. The molecule has 0 radical (unpaired) electrons. The lowest BCUT2D eigenvalue weighted by Gasteiger charge is -2.08. The number of benzene rings is 1. The highest BCUT2D eigenvalue weighted by atomic mass is 16.3. The van der Waals surface area contributed by atoms with Gasteiger partial charge >= 0.3 is 0 Å². The molecule has 0 spiro atoms. The Kier molecular flexibility index (Phi) is 3.77. The number of amides is 1. The molecule has 0 atom stereocenters. The minimum absolute atomic E-state index is 0.0292. The first-order valence-electron chi connectivity index (χ1n) is 5.83. The van der Waals surface area contributed by atoms with Crippen LogP contribution in [0, 0.1) is 0 Å². The molecule has 98 valence electrons. The second-order valence-electron chi connectivity index (χ2n) is 4.09. The monoisotopic (exact) mass is 257 g/mol. The van der Waals surface area contributed by atoms with E-state index < -0.39 is 0 Å². The number of pyridine rings is 1.